The van der Waals surface area contributed by atoms with E-state index in [1.165, 1.54) is 12.1 Å². The molecule has 0 amide bonds. The summed E-state index contributed by atoms with van der Waals surface area (Å²) in [4.78, 5) is 2.18. The summed E-state index contributed by atoms with van der Waals surface area (Å²) in [6, 6.07) is 5.97. The Kier molecular flexibility index (Phi) is 6.51. The van der Waals surface area contributed by atoms with Gasteiger partial charge >= 0.3 is 6.36 Å². The van der Waals surface area contributed by atoms with Gasteiger partial charge in [0.25, 0.3) is 0 Å². The number of ether oxygens (including phenoxy) is 1. The van der Waals surface area contributed by atoms with Crippen LogP contribution in [0, 0.1) is 0 Å². The summed E-state index contributed by atoms with van der Waals surface area (Å²) in [6.07, 6.45) is -2.92. The molecule has 1 saturated heterocycles. The Hall–Kier alpha value is -1.24. The van der Waals surface area contributed by atoms with Crippen molar-refractivity contribution in [2.75, 3.05) is 26.2 Å². The molecule has 0 saturated carbocycles. The minimum absolute atomic E-state index is 0. The van der Waals surface area contributed by atoms with Crippen molar-refractivity contribution in [3.8, 4) is 5.75 Å². The number of halogens is 4. The number of benzene rings is 1. The van der Waals surface area contributed by atoms with Gasteiger partial charge in [-0.05, 0) is 17.7 Å². The second-order valence-electron chi connectivity index (χ2n) is 4.59. The van der Waals surface area contributed by atoms with E-state index < -0.39 is 6.36 Å². The fourth-order valence-electron chi connectivity index (χ4n) is 2.35. The van der Waals surface area contributed by atoms with E-state index in [0.29, 0.717) is 0 Å². The first-order valence-electron chi connectivity index (χ1n) is 6.42. The molecule has 0 spiro atoms. The van der Waals surface area contributed by atoms with E-state index in [-0.39, 0.29) is 24.2 Å². The van der Waals surface area contributed by atoms with Gasteiger partial charge in [-0.1, -0.05) is 18.2 Å². The molecule has 2 rings (SSSR count). The van der Waals surface area contributed by atoms with Gasteiger partial charge in [0.2, 0.25) is 0 Å². The number of nitrogens with one attached hydrogen (secondary N) is 1. The molecule has 1 fully saturated rings. The number of hydrogen-bond donors (Lipinski definition) is 1. The highest BCUT2D eigenvalue weighted by molar-refractivity contribution is 5.85. The molecule has 1 aliphatic heterocycles. The van der Waals surface area contributed by atoms with Crippen LogP contribution < -0.4 is 10.1 Å². The van der Waals surface area contributed by atoms with E-state index in [1.807, 2.05) is 0 Å². The first-order chi connectivity index (χ1) is 9.49. The van der Waals surface area contributed by atoms with E-state index in [1.54, 1.807) is 18.2 Å². The molecule has 0 aliphatic carbocycles. The fourth-order valence-corrected chi connectivity index (χ4v) is 2.35. The zero-order chi connectivity index (χ0) is 14.6. The third kappa shape index (κ3) is 5.22. The van der Waals surface area contributed by atoms with Crippen LogP contribution in [0.5, 0.6) is 5.75 Å². The van der Waals surface area contributed by atoms with Crippen molar-refractivity contribution in [2.45, 2.75) is 12.4 Å². The summed E-state index contributed by atoms with van der Waals surface area (Å²) in [5, 5.41) is 3.24. The van der Waals surface area contributed by atoms with Crippen molar-refractivity contribution in [3.05, 3.63) is 42.5 Å². The van der Waals surface area contributed by atoms with Crippen molar-refractivity contribution in [1.29, 1.82) is 0 Å². The van der Waals surface area contributed by atoms with Gasteiger partial charge in [-0.15, -0.1) is 32.2 Å². The Morgan fingerprint density at radius 3 is 2.52 bits per heavy atom. The van der Waals surface area contributed by atoms with Gasteiger partial charge in [-0.25, -0.2) is 0 Å². The van der Waals surface area contributed by atoms with Crippen molar-refractivity contribution in [1.82, 2.24) is 10.2 Å². The van der Waals surface area contributed by atoms with E-state index in [2.05, 4.69) is 21.5 Å². The quantitative estimate of drug-likeness (QED) is 0.862. The first kappa shape index (κ1) is 17.8. The fraction of sp³-hybridized carbons (Fsp3) is 0.429. The predicted molar refractivity (Wildman–Crippen MR) is 77.8 cm³/mol. The molecule has 0 radical (unpaired) electrons. The Bertz CT molecular complexity index is 462. The third-order valence-electron chi connectivity index (χ3n) is 3.20. The smallest absolute Gasteiger partial charge is 0.406 e. The summed E-state index contributed by atoms with van der Waals surface area (Å²) >= 11 is 0. The van der Waals surface area contributed by atoms with E-state index in [9.17, 15) is 13.2 Å². The first-order valence-corrected chi connectivity index (χ1v) is 6.42. The van der Waals surface area contributed by atoms with E-state index in [4.69, 9.17) is 0 Å². The van der Waals surface area contributed by atoms with Crippen LogP contribution in [0.1, 0.15) is 11.6 Å². The van der Waals surface area contributed by atoms with Crippen LogP contribution in [-0.2, 0) is 0 Å². The van der Waals surface area contributed by atoms with Crippen LogP contribution in [0.25, 0.3) is 0 Å². The molecule has 1 atom stereocenters. The lowest BCUT2D eigenvalue weighted by atomic mass is 10.0. The van der Waals surface area contributed by atoms with Gasteiger partial charge < -0.3 is 10.1 Å². The molecule has 1 aromatic carbocycles. The topological polar surface area (TPSA) is 24.5 Å². The Labute approximate surface area is 128 Å². The van der Waals surface area contributed by atoms with Crippen LogP contribution in [0.15, 0.2) is 36.9 Å². The minimum atomic E-state index is -4.67. The number of alkyl halides is 3. The third-order valence-corrected chi connectivity index (χ3v) is 3.20. The van der Waals surface area contributed by atoms with Crippen LogP contribution in [0.2, 0.25) is 0 Å². The lowest BCUT2D eigenvalue weighted by Crippen LogP contribution is -2.44. The maximum Gasteiger partial charge on any atom is 0.573 e. The van der Waals surface area contributed by atoms with Gasteiger partial charge in [-0.2, -0.15) is 0 Å². The molecule has 118 valence electrons. The largest absolute Gasteiger partial charge is 0.573 e. The van der Waals surface area contributed by atoms with Crippen LogP contribution in [0.3, 0.4) is 0 Å². The summed E-state index contributed by atoms with van der Waals surface area (Å²) in [5.74, 6) is -0.197. The Morgan fingerprint density at radius 2 is 1.95 bits per heavy atom. The molecule has 0 aromatic heterocycles. The molecule has 21 heavy (non-hydrogen) atoms. The van der Waals surface area contributed by atoms with Crippen molar-refractivity contribution < 1.29 is 17.9 Å². The Morgan fingerprint density at radius 1 is 1.29 bits per heavy atom. The second kappa shape index (κ2) is 7.68. The molecule has 1 aromatic rings. The molecule has 1 aliphatic rings. The highest BCUT2D eigenvalue weighted by Crippen LogP contribution is 2.28. The van der Waals surface area contributed by atoms with Crippen molar-refractivity contribution in [2.24, 2.45) is 0 Å². The van der Waals surface area contributed by atoms with E-state index >= 15 is 0 Å². The zero-order valence-corrected chi connectivity index (χ0v) is 12.2. The lowest BCUT2D eigenvalue weighted by molar-refractivity contribution is -0.274. The average molecular weight is 323 g/mol. The van der Waals surface area contributed by atoms with Crippen LogP contribution in [0.4, 0.5) is 13.2 Å². The normalized spacial score (nSPS) is 17.7. The monoisotopic (exact) mass is 322 g/mol. The summed E-state index contributed by atoms with van der Waals surface area (Å²) in [5.41, 5.74) is 0.753. The SMILES string of the molecule is C=C[C@H](c1cccc(OC(F)(F)F)c1)N1CCNCC1.Cl. The molecular formula is C14H18ClF3N2O. The number of rotatable bonds is 4. The molecule has 7 heteroatoms. The van der Waals surface area contributed by atoms with Gasteiger partial charge in [0.05, 0.1) is 6.04 Å². The highest BCUT2D eigenvalue weighted by atomic mass is 35.5. The molecule has 0 bridgehead atoms. The summed E-state index contributed by atoms with van der Waals surface area (Å²) in [6.45, 7) is 7.19. The zero-order valence-electron chi connectivity index (χ0n) is 11.4. The van der Waals surface area contributed by atoms with Gasteiger partial charge in [-0.3, -0.25) is 4.90 Å². The molecule has 3 nitrogen and oxygen atoms in total. The standard InChI is InChI=1S/C14H17F3N2O.ClH/c1-2-13(19-8-6-18-7-9-19)11-4-3-5-12(10-11)20-14(15,16)17;/h2-5,10,13,18H,1,6-9H2;1H/t13-;/m1./s1. The van der Waals surface area contributed by atoms with Gasteiger partial charge in [0.15, 0.2) is 0 Å². The number of piperazine rings is 1. The van der Waals surface area contributed by atoms with Crippen LogP contribution in [-0.4, -0.2) is 37.4 Å². The maximum absolute atomic E-state index is 12.2. The van der Waals surface area contributed by atoms with Gasteiger partial charge in [0.1, 0.15) is 5.75 Å². The summed E-state index contributed by atoms with van der Waals surface area (Å²) < 4.78 is 40.7. The van der Waals surface area contributed by atoms with Gasteiger partial charge in [0, 0.05) is 26.2 Å². The number of nitrogens with zero attached hydrogens (tertiary/aromatic N) is 1. The lowest BCUT2D eigenvalue weighted by Gasteiger charge is -2.33. The van der Waals surface area contributed by atoms with Crippen molar-refractivity contribution in [3.63, 3.8) is 0 Å². The minimum Gasteiger partial charge on any atom is -0.406 e. The maximum atomic E-state index is 12.2. The molecule has 1 N–H and O–H groups in total. The molecule has 0 unspecified atom stereocenters. The van der Waals surface area contributed by atoms with Crippen molar-refractivity contribution >= 4 is 12.4 Å². The molecule has 1 heterocycles. The Balaban J connectivity index is 0.00000220. The average Bonchev–Trinajstić information content (AvgIpc) is 2.39. The molecular weight excluding hydrogens is 305 g/mol. The summed E-state index contributed by atoms with van der Waals surface area (Å²) in [7, 11) is 0. The van der Waals surface area contributed by atoms with E-state index in [0.717, 1.165) is 31.7 Å². The predicted octanol–water partition coefficient (Wildman–Crippen LogP) is 3.14. The second-order valence-corrected chi connectivity index (χ2v) is 4.59. The van der Waals surface area contributed by atoms with Crippen LogP contribution >= 0.6 is 12.4 Å². The highest BCUT2D eigenvalue weighted by Gasteiger charge is 2.31. The number of hydrogen-bond acceptors (Lipinski definition) is 3.